The maximum absolute atomic E-state index is 5.77. The summed E-state index contributed by atoms with van der Waals surface area (Å²) < 4.78 is 1.62. The lowest BCUT2D eigenvalue weighted by Crippen LogP contribution is -1.94. The highest BCUT2D eigenvalue weighted by Gasteiger charge is 2.04. The molecule has 7 heteroatoms. The Balaban J connectivity index is 2.02. The number of halogens is 1. The molecule has 0 aliphatic rings. The molecule has 0 amide bonds. The third-order valence-electron chi connectivity index (χ3n) is 1.70. The highest BCUT2D eigenvalue weighted by atomic mass is 35.5. The summed E-state index contributed by atoms with van der Waals surface area (Å²) in [5, 5.41) is 12.4. The highest BCUT2D eigenvalue weighted by Crippen LogP contribution is 2.18. The van der Waals surface area contributed by atoms with Gasteiger partial charge in [0.15, 0.2) is 0 Å². The van der Waals surface area contributed by atoms with Crippen molar-refractivity contribution >= 4 is 23.4 Å². The van der Waals surface area contributed by atoms with Crippen molar-refractivity contribution in [3.63, 3.8) is 0 Å². The Labute approximate surface area is 95.8 Å². The molecule has 2 rings (SSSR count). The van der Waals surface area contributed by atoms with E-state index in [2.05, 4.69) is 20.5 Å². The van der Waals surface area contributed by atoms with E-state index >= 15 is 0 Å². The van der Waals surface area contributed by atoms with Crippen LogP contribution in [0.5, 0.6) is 0 Å². The molecule has 2 aromatic heterocycles. The smallest absolute Gasteiger partial charge is 0.209 e. The first kappa shape index (κ1) is 10.4. The lowest BCUT2D eigenvalue weighted by molar-refractivity contribution is 0.664. The van der Waals surface area contributed by atoms with Gasteiger partial charge in [-0.05, 0) is 22.6 Å². The van der Waals surface area contributed by atoms with Gasteiger partial charge in [0, 0.05) is 12.8 Å². The minimum atomic E-state index is 0.504. The fourth-order valence-corrected chi connectivity index (χ4v) is 1.95. The van der Waals surface area contributed by atoms with E-state index in [1.807, 2.05) is 12.1 Å². The molecule has 0 N–H and O–H groups in total. The van der Waals surface area contributed by atoms with Crippen LogP contribution >= 0.6 is 23.4 Å². The predicted molar refractivity (Wildman–Crippen MR) is 57.6 cm³/mol. The van der Waals surface area contributed by atoms with E-state index in [0.29, 0.717) is 10.9 Å². The average Bonchev–Trinajstić information content (AvgIpc) is 2.61. The van der Waals surface area contributed by atoms with Crippen molar-refractivity contribution in [2.75, 3.05) is 0 Å². The fraction of sp³-hybridized carbons (Fsp3) is 0.250. The van der Waals surface area contributed by atoms with Crippen LogP contribution in [0.3, 0.4) is 0 Å². The van der Waals surface area contributed by atoms with Crippen LogP contribution in [0.4, 0.5) is 0 Å². The first-order valence-corrected chi connectivity index (χ1v) is 5.58. The standard InChI is InChI=1S/C8H8ClN5S/c1-14-8(11-12-13-14)15-5-6-3-2-4-7(9)10-6/h2-4H,5H2,1H3. The van der Waals surface area contributed by atoms with Crippen molar-refractivity contribution in [1.82, 2.24) is 25.2 Å². The second-order valence-corrected chi connectivity index (χ2v) is 4.16. The number of aromatic nitrogens is 5. The summed E-state index contributed by atoms with van der Waals surface area (Å²) in [4.78, 5) is 4.17. The Morgan fingerprint density at radius 1 is 1.47 bits per heavy atom. The van der Waals surface area contributed by atoms with E-state index in [-0.39, 0.29) is 0 Å². The van der Waals surface area contributed by atoms with Crippen LogP contribution in [-0.4, -0.2) is 25.2 Å². The number of aryl methyl sites for hydroxylation is 1. The van der Waals surface area contributed by atoms with Crippen molar-refractivity contribution in [3.05, 3.63) is 29.0 Å². The van der Waals surface area contributed by atoms with Gasteiger partial charge < -0.3 is 0 Å². The molecule has 5 nitrogen and oxygen atoms in total. The molecule has 2 aromatic rings. The molecule has 0 fully saturated rings. The Morgan fingerprint density at radius 2 is 2.33 bits per heavy atom. The van der Waals surface area contributed by atoms with Gasteiger partial charge in [-0.3, -0.25) is 0 Å². The molecular formula is C8H8ClN5S. The van der Waals surface area contributed by atoms with Crippen LogP contribution in [-0.2, 0) is 12.8 Å². The number of hydrogen-bond acceptors (Lipinski definition) is 5. The van der Waals surface area contributed by atoms with Gasteiger partial charge in [-0.25, -0.2) is 9.67 Å². The minimum Gasteiger partial charge on any atom is -0.240 e. The Kier molecular flexibility index (Phi) is 3.17. The summed E-state index contributed by atoms with van der Waals surface area (Å²) in [6.07, 6.45) is 0. The summed E-state index contributed by atoms with van der Waals surface area (Å²) in [5.74, 6) is 0.703. The molecule has 0 aliphatic heterocycles. The zero-order chi connectivity index (χ0) is 10.7. The van der Waals surface area contributed by atoms with Crippen LogP contribution < -0.4 is 0 Å². The summed E-state index contributed by atoms with van der Waals surface area (Å²) in [6.45, 7) is 0. The van der Waals surface area contributed by atoms with E-state index in [0.717, 1.165) is 10.9 Å². The van der Waals surface area contributed by atoms with Gasteiger partial charge in [0.2, 0.25) is 5.16 Å². The average molecular weight is 242 g/mol. The van der Waals surface area contributed by atoms with Crippen molar-refractivity contribution in [2.24, 2.45) is 7.05 Å². The van der Waals surface area contributed by atoms with Crippen molar-refractivity contribution in [2.45, 2.75) is 10.9 Å². The van der Waals surface area contributed by atoms with E-state index in [4.69, 9.17) is 11.6 Å². The molecule has 2 heterocycles. The normalized spacial score (nSPS) is 10.5. The molecule has 0 atom stereocenters. The largest absolute Gasteiger partial charge is 0.240 e. The van der Waals surface area contributed by atoms with Crippen molar-refractivity contribution < 1.29 is 0 Å². The lowest BCUT2D eigenvalue weighted by Gasteiger charge is -1.99. The van der Waals surface area contributed by atoms with Crippen LogP contribution in [0.15, 0.2) is 23.4 Å². The first-order valence-electron chi connectivity index (χ1n) is 4.22. The number of hydrogen-bond donors (Lipinski definition) is 0. The molecule has 0 spiro atoms. The number of thioether (sulfide) groups is 1. The molecule has 0 unspecified atom stereocenters. The molecule has 0 bridgehead atoms. The van der Waals surface area contributed by atoms with Crippen molar-refractivity contribution in [3.8, 4) is 0 Å². The van der Waals surface area contributed by atoms with Gasteiger partial charge in [0.1, 0.15) is 5.15 Å². The van der Waals surface area contributed by atoms with E-state index in [1.165, 1.54) is 11.8 Å². The third-order valence-corrected chi connectivity index (χ3v) is 2.96. The van der Waals surface area contributed by atoms with Gasteiger partial charge in [-0.2, -0.15) is 0 Å². The van der Waals surface area contributed by atoms with E-state index in [9.17, 15) is 0 Å². The maximum atomic E-state index is 5.77. The molecule has 0 radical (unpaired) electrons. The maximum Gasteiger partial charge on any atom is 0.209 e. The predicted octanol–water partition coefficient (Wildman–Crippen LogP) is 1.55. The monoisotopic (exact) mass is 241 g/mol. The van der Waals surface area contributed by atoms with Crippen LogP contribution in [0.1, 0.15) is 5.69 Å². The zero-order valence-electron chi connectivity index (χ0n) is 7.96. The number of pyridine rings is 1. The summed E-state index contributed by atoms with van der Waals surface area (Å²) in [6, 6.07) is 5.54. The van der Waals surface area contributed by atoms with Crippen molar-refractivity contribution in [1.29, 1.82) is 0 Å². The first-order chi connectivity index (χ1) is 7.25. The van der Waals surface area contributed by atoms with Gasteiger partial charge in [-0.1, -0.05) is 29.4 Å². The zero-order valence-corrected chi connectivity index (χ0v) is 9.53. The van der Waals surface area contributed by atoms with E-state index in [1.54, 1.807) is 17.8 Å². The van der Waals surface area contributed by atoms with Gasteiger partial charge >= 0.3 is 0 Å². The second-order valence-electron chi connectivity index (χ2n) is 2.83. The van der Waals surface area contributed by atoms with Crippen LogP contribution in [0.2, 0.25) is 5.15 Å². The third kappa shape index (κ3) is 2.66. The van der Waals surface area contributed by atoms with Crippen LogP contribution in [0.25, 0.3) is 0 Å². The number of rotatable bonds is 3. The van der Waals surface area contributed by atoms with Gasteiger partial charge in [-0.15, -0.1) is 5.10 Å². The van der Waals surface area contributed by atoms with Gasteiger partial charge in [0.05, 0.1) is 5.69 Å². The second kappa shape index (κ2) is 4.59. The molecular weight excluding hydrogens is 234 g/mol. The molecule has 15 heavy (non-hydrogen) atoms. The lowest BCUT2D eigenvalue weighted by atomic mass is 10.4. The summed E-state index contributed by atoms with van der Waals surface area (Å²) in [5.41, 5.74) is 0.913. The number of nitrogens with zero attached hydrogens (tertiary/aromatic N) is 5. The fourth-order valence-electron chi connectivity index (χ4n) is 1.01. The molecule has 0 saturated heterocycles. The SMILES string of the molecule is Cn1nnnc1SCc1cccc(Cl)n1. The highest BCUT2D eigenvalue weighted by molar-refractivity contribution is 7.98. The molecule has 0 aromatic carbocycles. The van der Waals surface area contributed by atoms with Crippen LogP contribution in [0, 0.1) is 0 Å². The van der Waals surface area contributed by atoms with Gasteiger partial charge in [0.25, 0.3) is 0 Å². The van der Waals surface area contributed by atoms with E-state index < -0.39 is 0 Å². The topological polar surface area (TPSA) is 56.5 Å². The number of tetrazole rings is 1. The minimum absolute atomic E-state index is 0.504. The Hall–Kier alpha value is -1.14. The molecule has 0 saturated carbocycles. The Morgan fingerprint density at radius 3 is 3.00 bits per heavy atom. The summed E-state index contributed by atoms with van der Waals surface area (Å²) in [7, 11) is 1.80. The summed E-state index contributed by atoms with van der Waals surface area (Å²) >= 11 is 7.29. The molecule has 78 valence electrons. The Bertz CT molecular complexity index is 458. The molecule has 0 aliphatic carbocycles. The quantitative estimate of drug-likeness (QED) is 0.603.